The number of ether oxygens (including phenoxy) is 1. The number of hydrogen-bond acceptors (Lipinski definition) is 3. The van der Waals surface area contributed by atoms with Gasteiger partial charge in [-0.25, -0.2) is 4.98 Å². The van der Waals surface area contributed by atoms with Crippen molar-refractivity contribution in [3.63, 3.8) is 0 Å². The zero-order chi connectivity index (χ0) is 20.8. The fourth-order valence-electron chi connectivity index (χ4n) is 3.51. The Balaban J connectivity index is 1.64. The van der Waals surface area contributed by atoms with E-state index in [4.69, 9.17) is 9.72 Å². The van der Waals surface area contributed by atoms with Crippen LogP contribution in [0.15, 0.2) is 55.1 Å². The molecule has 1 N–H and O–H groups in total. The number of aromatic nitrogens is 2. The highest BCUT2D eigenvalue weighted by Gasteiger charge is 2.17. The standard InChI is InChI=1S/C24H29N3O2/c1-5-23(28)25-19(4)24-26-20-10-6-7-11-21(20)27(24)14-8-9-15-29-22-13-12-17(2)16-18(22)3/h5-7,10-13,16,19H,1,8-9,14-15H2,2-4H3,(H,25,28). The van der Waals surface area contributed by atoms with Gasteiger partial charge >= 0.3 is 0 Å². The molecular formula is C24H29N3O2. The summed E-state index contributed by atoms with van der Waals surface area (Å²) in [7, 11) is 0. The first kappa shape index (κ1) is 20.6. The van der Waals surface area contributed by atoms with Gasteiger partial charge in [0, 0.05) is 6.54 Å². The van der Waals surface area contributed by atoms with Crippen molar-refractivity contribution in [3.05, 3.63) is 72.1 Å². The van der Waals surface area contributed by atoms with Gasteiger partial charge in [0.1, 0.15) is 11.6 Å². The normalized spacial score (nSPS) is 12.0. The molecule has 3 aromatic rings. The van der Waals surface area contributed by atoms with Crippen molar-refractivity contribution in [2.24, 2.45) is 0 Å². The van der Waals surface area contributed by atoms with E-state index in [1.165, 1.54) is 17.2 Å². The largest absolute Gasteiger partial charge is 0.493 e. The Morgan fingerprint density at radius 1 is 1.24 bits per heavy atom. The van der Waals surface area contributed by atoms with Gasteiger partial charge in [0.15, 0.2) is 0 Å². The molecule has 0 aliphatic heterocycles. The minimum atomic E-state index is -0.196. The van der Waals surface area contributed by atoms with Crippen LogP contribution in [-0.4, -0.2) is 22.1 Å². The van der Waals surface area contributed by atoms with E-state index in [0.717, 1.165) is 42.0 Å². The highest BCUT2D eigenvalue weighted by molar-refractivity contribution is 5.87. The molecule has 152 valence electrons. The summed E-state index contributed by atoms with van der Waals surface area (Å²) in [6.07, 6.45) is 3.18. The van der Waals surface area contributed by atoms with Crippen molar-refractivity contribution in [2.75, 3.05) is 6.61 Å². The van der Waals surface area contributed by atoms with E-state index < -0.39 is 0 Å². The summed E-state index contributed by atoms with van der Waals surface area (Å²) in [5.41, 5.74) is 4.43. The summed E-state index contributed by atoms with van der Waals surface area (Å²) in [5.74, 6) is 1.61. The minimum Gasteiger partial charge on any atom is -0.493 e. The number of unbranched alkanes of at least 4 members (excludes halogenated alkanes) is 1. The van der Waals surface area contributed by atoms with Crippen LogP contribution in [0, 0.1) is 13.8 Å². The lowest BCUT2D eigenvalue weighted by atomic mass is 10.1. The Kier molecular flexibility index (Phi) is 6.70. The molecule has 0 fully saturated rings. The summed E-state index contributed by atoms with van der Waals surface area (Å²) in [5, 5.41) is 2.92. The number of carbonyl (C=O) groups excluding carboxylic acids is 1. The second kappa shape index (κ2) is 9.41. The van der Waals surface area contributed by atoms with Crippen molar-refractivity contribution in [1.29, 1.82) is 0 Å². The molecule has 1 unspecified atom stereocenters. The Hall–Kier alpha value is -3.08. The van der Waals surface area contributed by atoms with Crippen molar-refractivity contribution >= 4 is 16.9 Å². The first-order valence-corrected chi connectivity index (χ1v) is 10.1. The van der Waals surface area contributed by atoms with Gasteiger partial charge in [-0.3, -0.25) is 4.79 Å². The lowest BCUT2D eigenvalue weighted by molar-refractivity contribution is -0.117. The molecule has 0 saturated heterocycles. The van der Waals surface area contributed by atoms with Crippen molar-refractivity contribution in [3.8, 4) is 5.75 Å². The monoisotopic (exact) mass is 391 g/mol. The quantitative estimate of drug-likeness (QED) is 0.418. The average Bonchev–Trinajstić information content (AvgIpc) is 3.08. The Bertz CT molecular complexity index is 1010. The first-order valence-electron chi connectivity index (χ1n) is 10.1. The molecule has 1 aromatic heterocycles. The topological polar surface area (TPSA) is 56.2 Å². The number of rotatable bonds is 9. The van der Waals surface area contributed by atoms with Gasteiger partial charge < -0.3 is 14.6 Å². The van der Waals surface area contributed by atoms with Gasteiger partial charge in [-0.2, -0.15) is 0 Å². The SMILES string of the molecule is C=CC(=O)NC(C)c1nc2ccccc2n1CCCCOc1ccc(C)cc1C. The van der Waals surface area contributed by atoms with Gasteiger partial charge in [0.05, 0.1) is 23.7 Å². The zero-order valence-electron chi connectivity index (χ0n) is 17.4. The van der Waals surface area contributed by atoms with Crippen LogP contribution in [0.3, 0.4) is 0 Å². The molecule has 0 spiro atoms. The number of nitrogens with one attached hydrogen (secondary N) is 1. The van der Waals surface area contributed by atoms with Crippen LogP contribution in [0.2, 0.25) is 0 Å². The number of amides is 1. The number of imidazole rings is 1. The second-order valence-corrected chi connectivity index (χ2v) is 7.37. The number of aryl methyl sites for hydroxylation is 3. The van der Waals surface area contributed by atoms with E-state index in [-0.39, 0.29) is 11.9 Å². The van der Waals surface area contributed by atoms with Crippen molar-refractivity contribution in [2.45, 2.75) is 46.2 Å². The van der Waals surface area contributed by atoms with Crippen LogP contribution in [0.25, 0.3) is 11.0 Å². The second-order valence-electron chi connectivity index (χ2n) is 7.37. The number of nitrogens with zero attached hydrogens (tertiary/aromatic N) is 2. The lowest BCUT2D eigenvalue weighted by Gasteiger charge is -2.16. The van der Waals surface area contributed by atoms with Crippen LogP contribution >= 0.6 is 0 Å². The zero-order valence-corrected chi connectivity index (χ0v) is 17.4. The molecule has 0 aliphatic carbocycles. The van der Waals surface area contributed by atoms with Crippen molar-refractivity contribution < 1.29 is 9.53 Å². The molecule has 1 heterocycles. The molecule has 0 aliphatic rings. The maximum Gasteiger partial charge on any atom is 0.243 e. The van der Waals surface area contributed by atoms with Crippen LogP contribution in [0.5, 0.6) is 5.75 Å². The number of para-hydroxylation sites is 2. The highest BCUT2D eigenvalue weighted by Crippen LogP contribution is 2.22. The molecule has 5 heteroatoms. The van der Waals surface area contributed by atoms with Gasteiger partial charge in [-0.1, -0.05) is 36.4 Å². The van der Waals surface area contributed by atoms with Gasteiger partial charge in [0.25, 0.3) is 0 Å². The number of carbonyl (C=O) groups is 1. The van der Waals surface area contributed by atoms with Gasteiger partial charge in [0.2, 0.25) is 5.91 Å². The maximum atomic E-state index is 11.7. The predicted octanol–water partition coefficient (Wildman–Crippen LogP) is 4.88. The third-order valence-electron chi connectivity index (χ3n) is 4.98. The molecule has 0 saturated carbocycles. The van der Waals surface area contributed by atoms with Crippen LogP contribution in [0.1, 0.15) is 42.8 Å². The minimum absolute atomic E-state index is 0.195. The summed E-state index contributed by atoms with van der Waals surface area (Å²) in [6.45, 7) is 11.1. The molecule has 5 nitrogen and oxygen atoms in total. The Morgan fingerprint density at radius 3 is 2.79 bits per heavy atom. The van der Waals surface area contributed by atoms with Gasteiger partial charge in [-0.15, -0.1) is 0 Å². The van der Waals surface area contributed by atoms with E-state index in [1.54, 1.807) is 0 Å². The summed E-state index contributed by atoms with van der Waals surface area (Å²) in [4.78, 5) is 16.5. The summed E-state index contributed by atoms with van der Waals surface area (Å²) >= 11 is 0. The van der Waals surface area contributed by atoms with Crippen molar-refractivity contribution in [1.82, 2.24) is 14.9 Å². The Morgan fingerprint density at radius 2 is 2.03 bits per heavy atom. The molecule has 1 amide bonds. The predicted molar refractivity (Wildman–Crippen MR) is 117 cm³/mol. The number of benzene rings is 2. The maximum absolute atomic E-state index is 11.7. The third kappa shape index (κ3) is 5.05. The van der Waals surface area contributed by atoms with E-state index in [0.29, 0.717) is 6.61 Å². The van der Waals surface area contributed by atoms with E-state index in [9.17, 15) is 4.79 Å². The van der Waals surface area contributed by atoms with E-state index in [1.807, 2.05) is 31.2 Å². The molecular weight excluding hydrogens is 362 g/mol. The van der Waals surface area contributed by atoms with Crippen LogP contribution in [-0.2, 0) is 11.3 Å². The fourth-order valence-corrected chi connectivity index (χ4v) is 3.51. The molecule has 29 heavy (non-hydrogen) atoms. The fraction of sp³-hybridized carbons (Fsp3) is 0.333. The molecule has 0 radical (unpaired) electrons. The summed E-state index contributed by atoms with van der Waals surface area (Å²) < 4.78 is 8.15. The molecule has 3 rings (SSSR count). The molecule has 0 bridgehead atoms. The third-order valence-corrected chi connectivity index (χ3v) is 4.98. The van der Waals surface area contributed by atoms with E-state index >= 15 is 0 Å². The lowest BCUT2D eigenvalue weighted by Crippen LogP contribution is -2.27. The Labute approximate surface area is 172 Å². The van der Waals surface area contributed by atoms with E-state index in [2.05, 4.69) is 48.5 Å². The van der Waals surface area contributed by atoms with Gasteiger partial charge in [-0.05, 0) is 63.5 Å². The number of hydrogen-bond donors (Lipinski definition) is 1. The summed E-state index contributed by atoms with van der Waals surface area (Å²) in [6, 6.07) is 14.1. The molecule has 1 atom stereocenters. The first-order chi connectivity index (χ1) is 14.0. The van der Waals surface area contributed by atoms with Crippen LogP contribution in [0.4, 0.5) is 0 Å². The smallest absolute Gasteiger partial charge is 0.243 e. The van der Waals surface area contributed by atoms with Crippen LogP contribution < -0.4 is 10.1 Å². The highest BCUT2D eigenvalue weighted by atomic mass is 16.5. The number of fused-ring (bicyclic) bond motifs is 1. The average molecular weight is 392 g/mol. The molecule has 2 aromatic carbocycles.